The van der Waals surface area contributed by atoms with Crippen molar-refractivity contribution in [3.63, 3.8) is 0 Å². The van der Waals surface area contributed by atoms with Crippen molar-refractivity contribution < 1.29 is 13.7 Å². The predicted molar refractivity (Wildman–Crippen MR) is 141 cm³/mol. The quantitative estimate of drug-likeness (QED) is 0.274. The van der Waals surface area contributed by atoms with Crippen molar-refractivity contribution in [3.05, 3.63) is 101 Å². The first-order valence-corrected chi connectivity index (χ1v) is 12.5. The van der Waals surface area contributed by atoms with Crippen molar-refractivity contribution in [1.82, 2.24) is 14.7 Å². The Labute approximate surface area is 214 Å². The topological polar surface area (TPSA) is 64.2 Å². The number of amides is 1. The molecule has 0 aliphatic carbocycles. The van der Waals surface area contributed by atoms with Crippen LogP contribution in [0.15, 0.2) is 71.3 Å². The molecule has 186 valence electrons. The third-order valence-electron chi connectivity index (χ3n) is 7.23. The van der Waals surface area contributed by atoms with Crippen LogP contribution in [0.5, 0.6) is 0 Å². The zero-order chi connectivity index (χ0) is 25.7. The lowest BCUT2D eigenvalue weighted by atomic mass is 10.0. The van der Waals surface area contributed by atoms with Crippen molar-refractivity contribution in [2.75, 3.05) is 4.90 Å². The number of carbonyl (C=O) groups excluding carboxylic acids is 1. The Hall–Kier alpha value is -4.26. The molecule has 0 unspecified atom stereocenters. The number of hydrogen-bond donors (Lipinski definition) is 0. The largest absolute Gasteiger partial charge is 0.361 e. The fourth-order valence-corrected chi connectivity index (χ4v) is 5.37. The molecule has 1 fully saturated rings. The van der Waals surface area contributed by atoms with E-state index in [2.05, 4.69) is 40.1 Å². The summed E-state index contributed by atoms with van der Waals surface area (Å²) in [5, 5.41) is 4.10. The highest BCUT2D eigenvalue weighted by atomic mass is 19.1. The van der Waals surface area contributed by atoms with Crippen molar-refractivity contribution in [1.29, 1.82) is 0 Å². The van der Waals surface area contributed by atoms with Crippen LogP contribution in [-0.4, -0.2) is 20.6 Å². The molecule has 1 atom stereocenters. The molecule has 6 nitrogen and oxygen atoms in total. The van der Waals surface area contributed by atoms with E-state index >= 15 is 0 Å². The number of halogens is 1. The molecule has 1 amide bonds. The monoisotopic (exact) mass is 494 g/mol. The lowest BCUT2D eigenvalue weighted by Crippen LogP contribution is -2.29. The van der Waals surface area contributed by atoms with Gasteiger partial charge in [0.15, 0.2) is 0 Å². The zero-order valence-corrected chi connectivity index (χ0v) is 21.0. The van der Waals surface area contributed by atoms with Gasteiger partial charge in [-0.05, 0) is 68.1 Å². The summed E-state index contributed by atoms with van der Waals surface area (Å²) in [4.78, 5) is 19.9. The number of fused-ring (bicyclic) bond motifs is 1. The van der Waals surface area contributed by atoms with E-state index in [1.54, 1.807) is 17.9 Å². The normalized spacial score (nSPS) is 15.7. The molecule has 7 heteroatoms. The van der Waals surface area contributed by atoms with Gasteiger partial charge in [-0.15, -0.1) is 0 Å². The van der Waals surface area contributed by atoms with Gasteiger partial charge in [0, 0.05) is 24.2 Å². The van der Waals surface area contributed by atoms with Gasteiger partial charge in [-0.2, -0.15) is 0 Å². The maximum atomic E-state index is 14.5. The Morgan fingerprint density at radius 2 is 1.84 bits per heavy atom. The number of aryl methyl sites for hydroxylation is 3. The highest BCUT2D eigenvalue weighted by Gasteiger charge is 2.37. The summed E-state index contributed by atoms with van der Waals surface area (Å²) in [6.45, 7) is 6.16. The molecule has 1 aliphatic heterocycles. The smallest absolute Gasteiger partial charge is 0.227 e. The van der Waals surface area contributed by atoms with Gasteiger partial charge in [-0.25, -0.2) is 9.37 Å². The van der Waals surface area contributed by atoms with Crippen LogP contribution in [0.2, 0.25) is 0 Å². The Kier molecular flexibility index (Phi) is 5.63. The number of benzene rings is 3. The number of imidazole rings is 1. The number of carbonyl (C=O) groups is 1. The molecule has 1 saturated heterocycles. The van der Waals surface area contributed by atoms with Crippen LogP contribution in [0.1, 0.15) is 47.3 Å². The minimum atomic E-state index is -0.321. The molecule has 6 rings (SSSR count). The second-order valence-electron chi connectivity index (χ2n) is 9.70. The summed E-state index contributed by atoms with van der Waals surface area (Å²) in [6, 6.07) is 21.1. The molecule has 5 aromatic rings. The van der Waals surface area contributed by atoms with Gasteiger partial charge in [0.1, 0.15) is 17.4 Å². The van der Waals surface area contributed by atoms with Crippen LogP contribution >= 0.6 is 0 Å². The van der Waals surface area contributed by atoms with Crippen molar-refractivity contribution in [2.24, 2.45) is 0 Å². The molecule has 37 heavy (non-hydrogen) atoms. The average Bonchev–Trinajstić information content (AvgIpc) is 3.55. The number of anilines is 1. The van der Waals surface area contributed by atoms with E-state index in [1.165, 1.54) is 6.07 Å². The summed E-state index contributed by atoms with van der Waals surface area (Å²) in [6.07, 6.45) is 1.00. The lowest BCUT2D eigenvalue weighted by Gasteiger charge is -2.25. The first kappa shape index (κ1) is 23.2. The van der Waals surface area contributed by atoms with E-state index in [4.69, 9.17) is 9.51 Å². The Morgan fingerprint density at radius 1 is 1.03 bits per heavy atom. The Balaban J connectivity index is 1.51. The van der Waals surface area contributed by atoms with Crippen LogP contribution in [0.25, 0.3) is 22.2 Å². The average molecular weight is 495 g/mol. The number of rotatable bonds is 5. The summed E-state index contributed by atoms with van der Waals surface area (Å²) < 4.78 is 22.1. The fraction of sp³-hybridized carbons (Fsp3) is 0.233. The summed E-state index contributed by atoms with van der Waals surface area (Å²) >= 11 is 0. The molecule has 3 aromatic carbocycles. The van der Waals surface area contributed by atoms with Crippen LogP contribution in [-0.2, 0) is 11.3 Å². The second-order valence-corrected chi connectivity index (χ2v) is 9.70. The fourth-order valence-electron chi connectivity index (χ4n) is 5.37. The maximum Gasteiger partial charge on any atom is 0.227 e. The summed E-state index contributed by atoms with van der Waals surface area (Å²) in [5.74, 6) is 1.21. The minimum Gasteiger partial charge on any atom is -0.361 e. The predicted octanol–water partition coefficient (Wildman–Crippen LogP) is 6.67. The Bertz CT molecular complexity index is 1620. The zero-order valence-electron chi connectivity index (χ0n) is 21.0. The van der Waals surface area contributed by atoms with Crippen LogP contribution < -0.4 is 4.90 Å². The molecule has 0 spiro atoms. The minimum absolute atomic E-state index is 0.0250. The molecule has 3 heterocycles. The van der Waals surface area contributed by atoms with E-state index in [0.29, 0.717) is 30.6 Å². The van der Waals surface area contributed by atoms with Crippen molar-refractivity contribution >= 4 is 22.6 Å². The van der Waals surface area contributed by atoms with Crippen molar-refractivity contribution in [3.8, 4) is 11.1 Å². The first-order chi connectivity index (χ1) is 17.9. The molecule has 0 radical (unpaired) electrons. The second kappa shape index (κ2) is 9.00. The third kappa shape index (κ3) is 4.00. The van der Waals surface area contributed by atoms with Gasteiger partial charge >= 0.3 is 0 Å². The van der Waals surface area contributed by atoms with E-state index in [1.807, 2.05) is 38.1 Å². The van der Waals surface area contributed by atoms with E-state index in [-0.39, 0.29) is 17.8 Å². The molecular formula is C30H27FN4O2. The molecule has 1 aliphatic rings. The third-order valence-corrected chi connectivity index (χ3v) is 7.23. The van der Waals surface area contributed by atoms with Gasteiger partial charge in [0.2, 0.25) is 5.91 Å². The van der Waals surface area contributed by atoms with Gasteiger partial charge in [0.25, 0.3) is 0 Å². The molecule has 0 N–H and O–H groups in total. The Morgan fingerprint density at radius 3 is 2.57 bits per heavy atom. The molecular weight excluding hydrogens is 467 g/mol. The van der Waals surface area contributed by atoms with E-state index in [0.717, 1.165) is 45.0 Å². The standard InChI is InChI=1S/C30H27FN4O2/c1-18-9-11-23(16-24(18)31)35-27(13-14-28(35)36)30-32-25-15-22(29-19(2)33-37-20(29)3)10-12-26(25)34(30)17-21-7-5-4-6-8-21/h4-12,15-16,27H,13-14,17H2,1-3H3/t27-/m0/s1. The number of aromatic nitrogens is 3. The van der Waals surface area contributed by atoms with E-state index in [9.17, 15) is 9.18 Å². The highest BCUT2D eigenvalue weighted by molar-refractivity contribution is 5.96. The van der Waals surface area contributed by atoms with Crippen molar-refractivity contribution in [2.45, 2.75) is 46.2 Å². The molecule has 0 saturated carbocycles. The maximum absolute atomic E-state index is 14.5. The SMILES string of the molecule is Cc1ccc(N2C(=O)CC[C@H]2c2nc3cc(-c4c(C)noc4C)ccc3n2Cc2ccccc2)cc1F. The van der Waals surface area contributed by atoms with E-state index < -0.39 is 0 Å². The summed E-state index contributed by atoms with van der Waals surface area (Å²) in [7, 11) is 0. The number of nitrogens with zero attached hydrogens (tertiary/aromatic N) is 4. The van der Waals surface area contributed by atoms with Crippen LogP contribution in [0, 0.1) is 26.6 Å². The highest BCUT2D eigenvalue weighted by Crippen LogP contribution is 2.39. The van der Waals surface area contributed by atoms with Gasteiger partial charge < -0.3 is 14.0 Å². The van der Waals surface area contributed by atoms with Gasteiger partial charge in [0.05, 0.1) is 22.8 Å². The lowest BCUT2D eigenvalue weighted by molar-refractivity contribution is -0.117. The molecule has 0 bridgehead atoms. The van der Waals surface area contributed by atoms with Crippen LogP contribution in [0.4, 0.5) is 10.1 Å². The van der Waals surface area contributed by atoms with Crippen LogP contribution in [0.3, 0.4) is 0 Å². The van der Waals surface area contributed by atoms with Gasteiger partial charge in [-0.1, -0.05) is 47.6 Å². The first-order valence-electron chi connectivity index (χ1n) is 12.5. The molecule has 2 aromatic heterocycles. The number of hydrogen-bond acceptors (Lipinski definition) is 4. The summed E-state index contributed by atoms with van der Waals surface area (Å²) in [5.41, 5.74) is 6.83. The van der Waals surface area contributed by atoms with Gasteiger partial charge in [-0.3, -0.25) is 4.79 Å².